The molecule has 1 saturated carbocycles. The lowest BCUT2D eigenvalue weighted by Crippen LogP contribution is -2.37. The second-order valence-corrected chi connectivity index (χ2v) is 5.50. The SMILES string of the molecule is CCCOc1ccc(C(=O)N(CC(=O)O)C2CC2)cc1OCC. The van der Waals surface area contributed by atoms with Crippen molar-refractivity contribution in [2.75, 3.05) is 19.8 Å². The first kappa shape index (κ1) is 17.1. The van der Waals surface area contributed by atoms with Gasteiger partial charge in [-0.1, -0.05) is 6.92 Å². The van der Waals surface area contributed by atoms with E-state index in [0.29, 0.717) is 30.3 Å². The molecule has 0 atom stereocenters. The van der Waals surface area contributed by atoms with Crippen LogP contribution in [0.4, 0.5) is 0 Å². The highest BCUT2D eigenvalue weighted by Gasteiger charge is 2.34. The number of benzene rings is 1. The van der Waals surface area contributed by atoms with E-state index in [4.69, 9.17) is 14.6 Å². The van der Waals surface area contributed by atoms with E-state index in [1.54, 1.807) is 18.2 Å². The van der Waals surface area contributed by atoms with Crippen molar-refractivity contribution in [1.29, 1.82) is 0 Å². The third kappa shape index (κ3) is 4.61. The summed E-state index contributed by atoms with van der Waals surface area (Å²) in [4.78, 5) is 25.0. The van der Waals surface area contributed by atoms with Crippen LogP contribution in [-0.2, 0) is 4.79 Å². The fraction of sp³-hybridized carbons (Fsp3) is 0.529. The lowest BCUT2D eigenvalue weighted by molar-refractivity contribution is -0.137. The third-order valence-corrected chi connectivity index (χ3v) is 3.51. The van der Waals surface area contributed by atoms with E-state index >= 15 is 0 Å². The fourth-order valence-corrected chi connectivity index (χ4v) is 2.31. The number of ether oxygens (including phenoxy) is 2. The highest BCUT2D eigenvalue weighted by molar-refractivity contribution is 5.96. The summed E-state index contributed by atoms with van der Waals surface area (Å²) in [6.07, 6.45) is 2.59. The number of hydrogen-bond acceptors (Lipinski definition) is 4. The Labute approximate surface area is 136 Å². The fourth-order valence-electron chi connectivity index (χ4n) is 2.31. The molecule has 2 rings (SSSR count). The molecule has 0 unspecified atom stereocenters. The molecule has 23 heavy (non-hydrogen) atoms. The molecule has 1 fully saturated rings. The van der Waals surface area contributed by atoms with Gasteiger partial charge in [-0.2, -0.15) is 0 Å². The van der Waals surface area contributed by atoms with Crippen molar-refractivity contribution in [1.82, 2.24) is 4.90 Å². The van der Waals surface area contributed by atoms with Crippen LogP contribution in [0.15, 0.2) is 18.2 Å². The number of carboxylic acid groups (broad SMARTS) is 1. The number of carbonyl (C=O) groups is 2. The Morgan fingerprint density at radius 3 is 2.52 bits per heavy atom. The molecule has 1 aromatic rings. The largest absolute Gasteiger partial charge is 0.490 e. The summed E-state index contributed by atoms with van der Waals surface area (Å²) in [6.45, 7) is 4.63. The monoisotopic (exact) mass is 321 g/mol. The van der Waals surface area contributed by atoms with Gasteiger partial charge in [0.15, 0.2) is 11.5 Å². The number of nitrogens with zero attached hydrogens (tertiary/aromatic N) is 1. The molecule has 0 aliphatic heterocycles. The van der Waals surface area contributed by atoms with Crippen molar-refractivity contribution in [3.63, 3.8) is 0 Å². The Morgan fingerprint density at radius 2 is 1.96 bits per heavy atom. The molecule has 1 amide bonds. The van der Waals surface area contributed by atoms with Gasteiger partial charge >= 0.3 is 5.97 Å². The van der Waals surface area contributed by atoms with E-state index in [2.05, 4.69) is 0 Å². The van der Waals surface area contributed by atoms with Gasteiger partial charge in [0.2, 0.25) is 0 Å². The maximum absolute atomic E-state index is 12.6. The van der Waals surface area contributed by atoms with Crippen LogP contribution in [0, 0.1) is 0 Å². The van der Waals surface area contributed by atoms with Crippen LogP contribution < -0.4 is 9.47 Å². The van der Waals surface area contributed by atoms with Gasteiger partial charge in [-0.3, -0.25) is 9.59 Å². The van der Waals surface area contributed by atoms with Gasteiger partial charge in [0, 0.05) is 11.6 Å². The van der Waals surface area contributed by atoms with Gasteiger partial charge in [-0.15, -0.1) is 0 Å². The molecule has 1 N–H and O–H groups in total. The molecule has 6 heteroatoms. The Hall–Kier alpha value is -2.24. The summed E-state index contributed by atoms with van der Waals surface area (Å²) in [5, 5.41) is 9.00. The molecule has 1 aromatic carbocycles. The van der Waals surface area contributed by atoms with Crippen molar-refractivity contribution in [2.45, 2.75) is 39.2 Å². The van der Waals surface area contributed by atoms with Crippen molar-refractivity contribution in [3.8, 4) is 11.5 Å². The molecule has 0 bridgehead atoms. The number of aliphatic carboxylic acids is 1. The van der Waals surface area contributed by atoms with E-state index in [1.807, 2.05) is 13.8 Å². The predicted octanol–water partition coefficient (Wildman–Crippen LogP) is 2.56. The number of rotatable bonds is 9. The summed E-state index contributed by atoms with van der Waals surface area (Å²) in [5.74, 6) is -0.171. The molecule has 1 aliphatic carbocycles. The summed E-state index contributed by atoms with van der Waals surface area (Å²) in [7, 11) is 0. The van der Waals surface area contributed by atoms with Gasteiger partial charge in [0.05, 0.1) is 13.2 Å². The summed E-state index contributed by atoms with van der Waals surface area (Å²) in [5.41, 5.74) is 0.422. The van der Waals surface area contributed by atoms with E-state index in [9.17, 15) is 9.59 Å². The van der Waals surface area contributed by atoms with Crippen LogP contribution in [-0.4, -0.2) is 47.7 Å². The van der Waals surface area contributed by atoms with Crippen LogP contribution in [0.5, 0.6) is 11.5 Å². The second-order valence-electron chi connectivity index (χ2n) is 5.50. The van der Waals surface area contributed by atoms with Crippen LogP contribution in [0.2, 0.25) is 0 Å². The number of carbonyl (C=O) groups excluding carboxylic acids is 1. The maximum atomic E-state index is 12.6. The molecule has 6 nitrogen and oxygen atoms in total. The minimum atomic E-state index is -1.00. The average Bonchev–Trinajstić information content (AvgIpc) is 3.35. The predicted molar refractivity (Wildman–Crippen MR) is 85.1 cm³/mol. The second kappa shape index (κ2) is 7.85. The van der Waals surface area contributed by atoms with E-state index in [1.165, 1.54) is 4.90 Å². The van der Waals surface area contributed by atoms with Crippen molar-refractivity contribution in [2.24, 2.45) is 0 Å². The molecule has 126 valence electrons. The number of carboxylic acids is 1. The molecule has 0 radical (unpaired) electrons. The van der Waals surface area contributed by atoms with Crippen molar-refractivity contribution >= 4 is 11.9 Å². The third-order valence-electron chi connectivity index (χ3n) is 3.51. The standard InChI is InChI=1S/C17H23NO5/c1-3-9-23-14-8-5-12(10-15(14)22-4-2)17(21)18(11-16(19)20)13-6-7-13/h5,8,10,13H,3-4,6-7,9,11H2,1-2H3,(H,19,20). The zero-order chi connectivity index (χ0) is 16.8. The maximum Gasteiger partial charge on any atom is 0.323 e. The minimum absolute atomic E-state index is 0.0326. The lowest BCUT2D eigenvalue weighted by Gasteiger charge is -2.21. The number of hydrogen-bond donors (Lipinski definition) is 1. The molecule has 0 saturated heterocycles. The summed E-state index contributed by atoms with van der Waals surface area (Å²) < 4.78 is 11.2. The highest BCUT2D eigenvalue weighted by atomic mass is 16.5. The van der Waals surface area contributed by atoms with E-state index in [0.717, 1.165) is 19.3 Å². The zero-order valence-electron chi connectivity index (χ0n) is 13.6. The summed E-state index contributed by atoms with van der Waals surface area (Å²) in [6, 6.07) is 5.03. The Balaban J connectivity index is 2.21. The van der Waals surface area contributed by atoms with Crippen LogP contribution in [0.25, 0.3) is 0 Å². The van der Waals surface area contributed by atoms with Gasteiger partial charge in [0.25, 0.3) is 5.91 Å². The van der Waals surface area contributed by atoms with Crippen LogP contribution >= 0.6 is 0 Å². The van der Waals surface area contributed by atoms with Gasteiger partial charge in [-0.05, 0) is 44.4 Å². The first-order valence-corrected chi connectivity index (χ1v) is 7.99. The summed E-state index contributed by atoms with van der Waals surface area (Å²) >= 11 is 0. The van der Waals surface area contributed by atoms with Gasteiger partial charge in [0.1, 0.15) is 6.54 Å². The first-order valence-electron chi connectivity index (χ1n) is 7.99. The van der Waals surface area contributed by atoms with Crippen LogP contribution in [0.3, 0.4) is 0 Å². The van der Waals surface area contributed by atoms with Crippen molar-refractivity contribution in [3.05, 3.63) is 23.8 Å². The van der Waals surface area contributed by atoms with Gasteiger partial charge in [-0.25, -0.2) is 0 Å². The Kier molecular flexibility index (Phi) is 5.84. The zero-order valence-corrected chi connectivity index (χ0v) is 13.6. The smallest absolute Gasteiger partial charge is 0.323 e. The normalized spacial score (nSPS) is 13.5. The Bertz CT molecular complexity index is 568. The van der Waals surface area contributed by atoms with Crippen molar-refractivity contribution < 1.29 is 24.2 Å². The van der Waals surface area contributed by atoms with E-state index < -0.39 is 5.97 Å². The topological polar surface area (TPSA) is 76.1 Å². The van der Waals surface area contributed by atoms with Gasteiger partial charge < -0.3 is 19.5 Å². The molecular formula is C17H23NO5. The van der Waals surface area contributed by atoms with E-state index in [-0.39, 0.29) is 18.5 Å². The van der Waals surface area contributed by atoms with Crippen LogP contribution in [0.1, 0.15) is 43.5 Å². The molecular weight excluding hydrogens is 298 g/mol. The molecule has 1 aliphatic rings. The molecule has 0 heterocycles. The quantitative estimate of drug-likeness (QED) is 0.756. The minimum Gasteiger partial charge on any atom is -0.490 e. The Morgan fingerprint density at radius 1 is 1.22 bits per heavy atom. The average molecular weight is 321 g/mol. The highest BCUT2D eigenvalue weighted by Crippen LogP contribution is 2.32. The molecule has 0 spiro atoms. The number of amides is 1. The molecule has 0 aromatic heterocycles. The lowest BCUT2D eigenvalue weighted by atomic mass is 10.1. The first-order chi connectivity index (χ1) is 11.1.